The van der Waals surface area contributed by atoms with Gasteiger partial charge in [-0.25, -0.2) is 0 Å². The van der Waals surface area contributed by atoms with Crippen molar-refractivity contribution < 1.29 is 23.8 Å². The van der Waals surface area contributed by atoms with Crippen LogP contribution in [0, 0.1) is 0 Å². The highest BCUT2D eigenvalue weighted by atomic mass is 16.5. The van der Waals surface area contributed by atoms with Crippen LogP contribution >= 0.6 is 0 Å². The van der Waals surface area contributed by atoms with Crippen molar-refractivity contribution in [3.63, 3.8) is 0 Å². The number of carbonyl (C=O) groups excluding carboxylic acids is 2. The smallest absolute Gasteiger partial charge is 0.244 e. The van der Waals surface area contributed by atoms with Gasteiger partial charge in [-0.15, -0.1) is 0 Å². The molecule has 188 valence electrons. The number of rotatable bonds is 12. The van der Waals surface area contributed by atoms with Gasteiger partial charge in [-0.05, 0) is 55.7 Å². The molecule has 7 heteroatoms. The van der Waals surface area contributed by atoms with Crippen molar-refractivity contribution >= 4 is 17.9 Å². The van der Waals surface area contributed by atoms with Crippen molar-refractivity contribution in [2.75, 3.05) is 39.5 Å². The lowest BCUT2D eigenvalue weighted by Crippen LogP contribution is -2.34. The molecular weight excluding hydrogens is 444 g/mol. The lowest BCUT2D eigenvalue weighted by Gasteiger charge is -2.20. The minimum Gasteiger partial charge on any atom is -0.490 e. The molecule has 1 saturated heterocycles. The molecule has 1 aliphatic rings. The Morgan fingerprint density at radius 3 is 2.40 bits per heavy atom. The van der Waals surface area contributed by atoms with Crippen molar-refractivity contribution in [2.24, 2.45) is 0 Å². The molecule has 0 bridgehead atoms. The Morgan fingerprint density at radius 1 is 0.914 bits per heavy atom. The van der Waals surface area contributed by atoms with Crippen LogP contribution in [0.4, 0.5) is 0 Å². The summed E-state index contributed by atoms with van der Waals surface area (Å²) in [6.45, 7) is 5.19. The van der Waals surface area contributed by atoms with E-state index in [1.165, 1.54) is 18.9 Å². The van der Waals surface area contributed by atoms with Crippen LogP contribution < -0.4 is 19.5 Å². The number of benzene rings is 2. The van der Waals surface area contributed by atoms with Crippen LogP contribution in [0.25, 0.3) is 6.08 Å². The number of carbonyl (C=O) groups is 2. The van der Waals surface area contributed by atoms with E-state index in [0.29, 0.717) is 44.3 Å². The SMILES string of the molecule is CCOc1cc(/C=C/C(=O)NCCC(=O)N2CCCCCC2)ccc1OCCOc1ccccc1. The molecule has 2 aromatic carbocycles. The van der Waals surface area contributed by atoms with Crippen LogP contribution in [0.1, 0.15) is 44.6 Å². The summed E-state index contributed by atoms with van der Waals surface area (Å²) in [6, 6.07) is 15.1. The largest absolute Gasteiger partial charge is 0.490 e. The predicted octanol–water partition coefficient (Wildman–Crippen LogP) is 4.47. The van der Waals surface area contributed by atoms with Gasteiger partial charge in [-0.1, -0.05) is 37.1 Å². The maximum Gasteiger partial charge on any atom is 0.244 e. The summed E-state index contributed by atoms with van der Waals surface area (Å²) >= 11 is 0. The van der Waals surface area contributed by atoms with E-state index in [2.05, 4.69) is 5.32 Å². The number of hydrogen-bond acceptors (Lipinski definition) is 5. The summed E-state index contributed by atoms with van der Waals surface area (Å²) in [7, 11) is 0. The standard InChI is InChI=1S/C28H36N2O5/c1-2-33-26-22-23(12-14-25(26)35-21-20-34-24-10-6-5-7-11-24)13-15-27(31)29-17-16-28(32)30-18-8-3-4-9-19-30/h5-7,10-15,22H,2-4,8-9,16-21H2,1H3,(H,29,31)/b15-13+. The van der Waals surface area contributed by atoms with Gasteiger partial charge in [-0.2, -0.15) is 0 Å². The van der Waals surface area contributed by atoms with Crippen molar-refractivity contribution in [3.05, 3.63) is 60.2 Å². The fraction of sp³-hybridized carbons (Fsp3) is 0.429. The van der Waals surface area contributed by atoms with Gasteiger partial charge < -0.3 is 24.4 Å². The molecule has 0 radical (unpaired) electrons. The van der Waals surface area contributed by atoms with Crippen LogP contribution in [0.15, 0.2) is 54.6 Å². The van der Waals surface area contributed by atoms with Gasteiger partial charge >= 0.3 is 0 Å². The van der Waals surface area contributed by atoms with E-state index in [4.69, 9.17) is 14.2 Å². The molecule has 0 aromatic heterocycles. The number of para-hydroxylation sites is 1. The molecule has 3 rings (SSSR count). The third kappa shape index (κ3) is 9.35. The van der Waals surface area contributed by atoms with Crippen LogP contribution in [-0.2, 0) is 9.59 Å². The average molecular weight is 481 g/mol. The lowest BCUT2D eigenvalue weighted by atomic mass is 10.2. The fourth-order valence-electron chi connectivity index (χ4n) is 3.85. The number of likely N-dealkylation sites (tertiary alicyclic amines) is 1. The number of ether oxygens (including phenoxy) is 3. The highest BCUT2D eigenvalue weighted by molar-refractivity contribution is 5.92. The maximum absolute atomic E-state index is 12.3. The highest BCUT2D eigenvalue weighted by Gasteiger charge is 2.15. The molecule has 35 heavy (non-hydrogen) atoms. The first-order valence-electron chi connectivity index (χ1n) is 12.5. The van der Waals surface area contributed by atoms with Crippen LogP contribution in [0.2, 0.25) is 0 Å². The predicted molar refractivity (Wildman–Crippen MR) is 137 cm³/mol. The van der Waals surface area contributed by atoms with Crippen molar-refractivity contribution in [3.8, 4) is 17.2 Å². The molecular formula is C28H36N2O5. The quantitative estimate of drug-likeness (QED) is 0.358. The first-order valence-corrected chi connectivity index (χ1v) is 12.5. The molecule has 0 aliphatic carbocycles. The second-order valence-electron chi connectivity index (χ2n) is 8.32. The molecule has 0 atom stereocenters. The van der Waals surface area contributed by atoms with Gasteiger partial charge in [-0.3, -0.25) is 9.59 Å². The van der Waals surface area contributed by atoms with Crippen molar-refractivity contribution in [1.29, 1.82) is 0 Å². The Balaban J connectivity index is 1.44. The molecule has 1 aliphatic heterocycles. The number of amides is 2. The maximum atomic E-state index is 12.3. The zero-order valence-electron chi connectivity index (χ0n) is 20.5. The second kappa shape index (κ2) is 14.7. The summed E-state index contributed by atoms with van der Waals surface area (Å²) in [5.41, 5.74) is 0.817. The van der Waals surface area contributed by atoms with Gasteiger partial charge in [0.25, 0.3) is 0 Å². The minimum absolute atomic E-state index is 0.113. The Bertz CT molecular complexity index is 953. The summed E-state index contributed by atoms with van der Waals surface area (Å²) < 4.78 is 17.2. The topological polar surface area (TPSA) is 77.1 Å². The number of nitrogens with zero attached hydrogens (tertiary/aromatic N) is 1. The average Bonchev–Trinajstić information content (AvgIpc) is 3.17. The van der Waals surface area contributed by atoms with E-state index in [9.17, 15) is 9.59 Å². The summed E-state index contributed by atoms with van der Waals surface area (Å²) in [4.78, 5) is 26.5. The zero-order valence-corrected chi connectivity index (χ0v) is 20.5. The molecule has 1 heterocycles. The lowest BCUT2D eigenvalue weighted by molar-refractivity contribution is -0.131. The van der Waals surface area contributed by atoms with E-state index < -0.39 is 0 Å². The Morgan fingerprint density at radius 2 is 1.66 bits per heavy atom. The highest BCUT2D eigenvalue weighted by Crippen LogP contribution is 2.29. The van der Waals surface area contributed by atoms with Crippen molar-refractivity contribution in [1.82, 2.24) is 10.2 Å². The molecule has 1 fully saturated rings. The van der Waals surface area contributed by atoms with Gasteiger partial charge in [0.1, 0.15) is 19.0 Å². The summed E-state index contributed by atoms with van der Waals surface area (Å²) in [5.74, 6) is 1.91. The van der Waals surface area contributed by atoms with Crippen LogP contribution in [0.5, 0.6) is 17.2 Å². The molecule has 2 aromatic rings. The van der Waals surface area contributed by atoms with Crippen LogP contribution in [-0.4, -0.2) is 56.2 Å². The van der Waals surface area contributed by atoms with E-state index in [0.717, 1.165) is 37.2 Å². The Kier molecular flexibility index (Phi) is 11.0. The second-order valence-corrected chi connectivity index (χ2v) is 8.32. The van der Waals surface area contributed by atoms with E-state index in [1.54, 1.807) is 6.08 Å². The first-order chi connectivity index (χ1) is 17.2. The fourth-order valence-corrected chi connectivity index (χ4v) is 3.85. The first kappa shape index (κ1) is 26.1. The molecule has 0 unspecified atom stereocenters. The molecule has 0 saturated carbocycles. The van der Waals surface area contributed by atoms with Gasteiger partial charge in [0.2, 0.25) is 11.8 Å². The number of hydrogen-bond donors (Lipinski definition) is 1. The summed E-state index contributed by atoms with van der Waals surface area (Å²) in [6.07, 6.45) is 8.02. The van der Waals surface area contributed by atoms with E-state index in [-0.39, 0.29) is 11.8 Å². The van der Waals surface area contributed by atoms with Gasteiger partial charge in [0.15, 0.2) is 11.5 Å². The monoisotopic (exact) mass is 480 g/mol. The van der Waals surface area contributed by atoms with E-state index in [1.807, 2.05) is 60.4 Å². The third-order valence-electron chi connectivity index (χ3n) is 5.64. The summed E-state index contributed by atoms with van der Waals surface area (Å²) in [5, 5.41) is 2.79. The Hall–Kier alpha value is -3.48. The number of nitrogens with one attached hydrogen (secondary N) is 1. The zero-order chi connectivity index (χ0) is 24.7. The van der Waals surface area contributed by atoms with Crippen LogP contribution in [0.3, 0.4) is 0 Å². The molecule has 0 spiro atoms. The van der Waals surface area contributed by atoms with Gasteiger partial charge in [0.05, 0.1) is 6.61 Å². The van der Waals surface area contributed by atoms with Gasteiger partial charge in [0, 0.05) is 32.1 Å². The third-order valence-corrected chi connectivity index (χ3v) is 5.64. The van der Waals surface area contributed by atoms with Crippen molar-refractivity contribution in [2.45, 2.75) is 39.0 Å². The molecule has 1 N–H and O–H groups in total. The Labute approximate surface area is 208 Å². The normalized spacial score (nSPS) is 13.8. The molecule has 2 amide bonds. The molecule has 7 nitrogen and oxygen atoms in total. The van der Waals surface area contributed by atoms with E-state index >= 15 is 0 Å². The minimum atomic E-state index is -0.231.